The van der Waals surface area contributed by atoms with E-state index in [1.807, 2.05) is 20.8 Å². The number of carbonyl (C=O) groups is 1. The summed E-state index contributed by atoms with van der Waals surface area (Å²) in [5.41, 5.74) is 10.7. The zero-order valence-corrected chi connectivity index (χ0v) is 9.75. The molecule has 1 aliphatic rings. The largest absolute Gasteiger partial charge is 0.444 e. The van der Waals surface area contributed by atoms with E-state index in [1.54, 1.807) is 4.90 Å². The fourth-order valence-electron chi connectivity index (χ4n) is 1.62. The minimum atomic E-state index is -0.447. The molecule has 15 heavy (non-hydrogen) atoms. The number of nitrogens with zero attached hydrogens (tertiary/aromatic N) is 1. The summed E-state index contributed by atoms with van der Waals surface area (Å²) in [4.78, 5) is 13.2. The fourth-order valence-corrected chi connectivity index (χ4v) is 1.62. The molecule has 1 fully saturated rings. The summed E-state index contributed by atoms with van der Waals surface area (Å²) in [7, 11) is 0. The molecule has 1 heterocycles. The van der Waals surface area contributed by atoms with Crippen LogP contribution in [0.25, 0.3) is 0 Å². The van der Waals surface area contributed by atoms with Crippen molar-refractivity contribution >= 4 is 6.09 Å². The smallest absolute Gasteiger partial charge is 0.410 e. The molecule has 0 saturated carbocycles. The maximum absolute atomic E-state index is 11.5. The molecule has 0 atom stereocenters. The summed E-state index contributed by atoms with van der Waals surface area (Å²) in [6, 6.07) is 0. The van der Waals surface area contributed by atoms with Gasteiger partial charge in [0.25, 0.3) is 0 Å². The maximum Gasteiger partial charge on any atom is 0.410 e. The first-order chi connectivity index (χ1) is 6.76. The van der Waals surface area contributed by atoms with Crippen LogP contribution in [0.4, 0.5) is 4.79 Å². The van der Waals surface area contributed by atoms with Gasteiger partial charge >= 0.3 is 6.09 Å². The second kappa shape index (κ2) is 3.98. The van der Waals surface area contributed by atoms with Crippen LogP contribution in [0.5, 0.6) is 0 Å². The molecule has 0 bridgehead atoms. The van der Waals surface area contributed by atoms with Gasteiger partial charge in [-0.05, 0) is 33.7 Å². The zero-order valence-electron chi connectivity index (χ0n) is 9.75. The lowest BCUT2D eigenvalue weighted by Crippen LogP contribution is -2.69. The molecule has 0 spiro atoms. The third-order valence-electron chi connectivity index (χ3n) is 2.31. The number of likely N-dealkylation sites (tertiary alicyclic amines) is 1. The predicted octanol–water partition coefficient (Wildman–Crippen LogP) is 0.283. The van der Waals surface area contributed by atoms with E-state index in [2.05, 4.69) is 0 Å². The van der Waals surface area contributed by atoms with Crippen LogP contribution in [-0.2, 0) is 4.74 Å². The van der Waals surface area contributed by atoms with Gasteiger partial charge in [0.15, 0.2) is 0 Å². The Balaban J connectivity index is 2.35. The average Bonchev–Trinajstić information content (AvgIpc) is 1.96. The lowest BCUT2D eigenvalue weighted by atomic mass is 9.88. The van der Waals surface area contributed by atoms with Crippen LogP contribution < -0.4 is 11.5 Å². The van der Waals surface area contributed by atoms with Crippen molar-refractivity contribution in [1.29, 1.82) is 0 Å². The molecule has 88 valence electrons. The van der Waals surface area contributed by atoms with E-state index < -0.39 is 5.60 Å². The molecule has 0 aromatic carbocycles. The van der Waals surface area contributed by atoms with Gasteiger partial charge in [0.05, 0.1) is 5.54 Å². The van der Waals surface area contributed by atoms with Crippen LogP contribution in [0.3, 0.4) is 0 Å². The fraction of sp³-hybridized carbons (Fsp3) is 0.900. The Kier molecular flexibility index (Phi) is 3.25. The van der Waals surface area contributed by atoms with E-state index in [0.717, 1.165) is 6.42 Å². The second-order valence-corrected chi connectivity index (χ2v) is 5.24. The molecular weight excluding hydrogens is 194 g/mol. The predicted molar refractivity (Wildman–Crippen MR) is 58.4 cm³/mol. The number of hydrogen-bond acceptors (Lipinski definition) is 4. The minimum Gasteiger partial charge on any atom is -0.444 e. The number of amides is 1. The molecule has 1 saturated heterocycles. The van der Waals surface area contributed by atoms with Crippen molar-refractivity contribution < 1.29 is 9.53 Å². The molecule has 0 radical (unpaired) electrons. The lowest BCUT2D eigenvalue weighted by Gasteiger charge is -2.47. The first kappa shape index (κ1) is 12.3. The summed E-state index contributed by atoms with van der Waals surface area (Å²) in [5.74, 6) is 0. The molecule has 0 aliphatic carbocycles. The maximum atomic E-state index is 11.5. The summed E-state index contributed by atoms with van der Waals surface area (Å²) in [6.07, 6.45) is 0.451. The van der Waals surface area contributed by atoms with Crippen molar-refractivity contribution in [3.05, 3.63) is 0 Å². The Morgan fingerprint density at radius 2 is 2.00 bits per heavy atom. The van der Waals surface area contributed by atoms with Crippen LogP contribution in [0.2, 0.25) is 0 Å². The van der Waals surface area contributed by atoms with Gasteiger partial charge in [0, 0.05) is 13.1 Å². The van der Waals surface area contributed by atoms with Gasteiger partial charge in [-0.25, -0.2) is 4.79 Å². The van der Waals surface area contributed by atoms with Crippen LogP contribution in [0, 0.1) is 0 Å². The highest BCUT2D eigenvalue weighted by atomic mass is 16.6. The quantitative estimate of drug-likeness (QED) is 0.693. The first-order valence-electron chi connectivity index (χ1n) is 5.23. The van der Waals surface area contributed by atoms with E-state index >= 15 is 0 Å². The highest BCUT2D eigenvalue weighted by molar-refractivity contribution is 5.69. The zero-order chi connectivity index (χ0) is 11.7. The summed E-state index contributed by atoms with van der Waals surface area (Å²) >= 11 is 0. The van der Waals surface area contributed by atoms with Gasteiger partial charge in [-0.3, -0.25) is 0 Å². The molecule has 4 N–H and O–H groups in total. The molecule has 0 aromatic rings. The van der Waals surface area contributed by atoms with Crippen molar-refractivity contribution in [2.45, 2.75) is 38.3 Å². The standard InChI is InChI=1S/C10H21N3O2/c1-9(2,3)15-8(14)13-6-10(12,7-13)4-5-11/h4-7,11-12H2,1-3H3. The van der Waals surface area contributed by atoms with E-state index in [9.17, 15) is 4.79 Å². The summed E-state index contributed by atoms with van der Waals surface area (Å²) in [5, 5.41) is 0. The van der Waals surface area contributed by atoms with Crippen LogP contribution in [-0.4, -0.2) is 41.8 Å². The molecule has 0 aromatic heterocycles. The van der Waals surface area contributed by atoms with Crippen molar-refractivity contribution in [2.24, 2.45) is 11.5 Å². The van der Waals surface area contributed by atoms with Gasteiger partial charge in [0.1, 0.15) is 5.60 Å². The van der Waals surface area contributed by atoms with E-state index in [0.29, 0.717) is 19.6 Å². The highest BCUT2D eigenvalue weighted by Gasteiger charge is 2.42. The normalized spacial score (nSPS) is 19.7. The Labute approximate surface area is 90.7 Å². The molecule has 1 amide bonds. The third kappa shape index (κ3) is 3.35. The Morgan fingerprint density at radius 1 is 1.47 bits per heavy atom. The van der Waals surface area contributed by atoms with Crippen molar-refractivity contribution in [3.8, 4) is 0 Å². The highest BCUT2D eigenvalue weighted by Crippen LogP contribution is 2.23. The van der Waals surface area contributed by atoms with E-state index in [4.69, 9.17) is 16.2 Å². The van der Waals surface area contributed by atoms with Crippen LogP contribution in [0.1, 0.15) is 27.2 Å². The molecule has 1 aliphatic heterocycles. The van der Waals surface area contributed by atoms with Crippen molar-refractivity contribution in [1.82, 2.24) is 4.90 Å². The molecule has 5 heteroatoms. The van der Waals surface area contributed by atoms with E-state index in [1.165, 1.54) is 0 Å². The van der Waals surface area contributed by atoms with Gasteiger partial charge < -0.3 is 21.1 Å². The average molecular weight is 215 g/mol. The number of ether oxygens (including phenoxy) is 1. The molecule has 0 unspecified atom stereocenters. The number of hydrogen-bond donors (Lipinski definition) is 2. The molecule has 5 nitrogen and oxygen atoms in total. The SMILES string of the molecule is CC(C)(C)OC(=O)N1CC(N)(CCN)C1. The van der Waals surface area contributed by atoms with Crippen molar-refractivity contribution in [2.75, 3.05) is 19.6 Å². The third-order valence-corrected chi connectivity index (χ3v) is 2.31. The summed E-state index contributed by atoms with van der Waals surface area (Å²) in [6.45, 7) is 7.18. The molecule has 1 rings (SSSR count). The Morgan fingerprint density at radius 3 is 2.40 bits per heavy atom. The Bertz CT molecular complexity index is 242. The number of rotatable bonds is 2. The van der Waals surface area contributed by atoms with Crippen molar-refractivity contribution in [3.63, 3.8) is 0 Å². The van der Waals surface area contributed by atoms with Crippen LogP contribution in [0.15, 0.2) is 0 Å². The van der Waals surface area contributed by atoms with Gasteiger partial charge in [-0.15, -0.1) is 0 Å². The minimum absolute atomic E-state index is 0.291. The molecular formula is C10H21N3O2. The lowest BCUT2D eigenvalue weighted by molar-refractivity contribution is -0.00905. The topological polar surface area (TPSA) is 81.6 Å². The van der Waals surface area contributed by atoms with Gasteiger partial charge in [0.2, 0.25) is 0 Å². The number of carbonyl (C=O) groups excluding carboxylic acids is 1. The first-order valence-corrected chi connectivity index (χ1v) is 5.23. The van der Waals surface area contributed by atoms with E-state index in [-0.39, 0.29) is 11.6 Å². The number of nitrogens with two attached hydrogens (primary N) is 2. The Hall–Kier alpha value is -0.810. The van der Waals surface area contributed by atoms with Crippen LogP contribution >= 0.6 is 0 Å². The van der Waals surface area contributed by atoms with Gasteiger partial charge in [-0.2, -0.15) is 0 Å². The van der Waals surface area contributed by atoms with Gasteiger partial charge in [-0.1, -0.05) is 0 Å². The monoisotopic (exact) mass is 215 g/mol. The second-order valence-electron chi connectivity index (χ2n) is 5.24. The summed E-state index contributed by atoms with van der Waals surface area (Å²) < 4.78 is 5.21.